The van der Waals surface area contributed by atoms with Crippen molar-refractivity contribution in [2.24, 2.45) is 0 Å². The number of aromatic amines is 1. The SMILES string of the molecule is c1cnc2[nH]cc(N3CCCCC34CCCCC4)c2c1. The van der Waals surface area contributed by atoms with E-state index in [9.17, 15) is 0 Å². The van der Waals surface area contributed by atoms with Crippen LogP contribution in [0.25, 0.3) is 11.0 Å². The van der Waals surface area contributed by atoms with Crippen LogP contribution < -0.4 is 4.90 Å². The number of fused-ring (bicyclic) bond motifs is 1. The number of hydrogen-bond donors (Lipinski definition) is 1. The Bertz CT molecular complexity index is 587. The van der Waals surface area contributed by atoms with Crippen LogP contribution in [-0.4, -0.2) is 22.1 Å². The number of nitrogens with zero attached hydrogens (tertiary/aromatic N) is 2. The van der Waals surface area contributed by atoms with E-state index in [1.165, 1.54) is 69.0 Å². The second-order valence-electron chi connectivity index (χ2n) is 6.47. The van der Waals surface area contributed by atoms with Crippen molar-refractivity contribution in [1.29, 1.82) is 0 Å². The Kier molecular flexibility index (Phi) is 2.94. The molecule has 1 aliphatic carbocycles. The molecule has 20 heavy (non-hydrogen) atoms. The van der Waals surface area contributed by atoms with E-state index in [1.54, 1.807) is 0 Å². The van der Waals surface area contributed by atoms with Crippen molar-refractivity contribution in [1.82, 2.24) is 9.97 Å². The molecule has 0 amide bonds. The molecular formula is C17H23N3. The molecule has 0 atom stereocenters. The number of piperidine rings is 1. The predicted octanol–water partition coefficient (Wildman–Crippen LogP) is 4.26. The molecule has 2 aromatic heterocycles. The fraction of sp³-hybridized carbons (Fsp3) is 0.588. The van der Waals surface area contributed by atoms with Gasteiger partial charge in [0.1, 0.15) is 5.65 Å². The van der Waals surface area contributed by atoms with E-state index in [-0.39, 0.29) is 0 Å². The summed E-state index contributed by atoms with van der Waals surface area (Å²) >= 11 is 0. The van der Waals surface area contributed by atoms with Gasteiger partial charge >= 0.3 is 0 Å². The molecule has 3 nitrogen and oxygen atoms in total. The minimum atomic E-state index is 0.432. The van der Waals surface area contributed by atoms with Crippen molar-refractivity contribution in [3.8, 4) is 0 Å². The summed E-state index contributed by atoms with van der Waals surface area (Å²) in [6.45, 7) is 1.21. The van der Waals surface area contributed by atoms with Crippen LogP contribution in [0, 0.1) is 0 Å². The van der Waals surface area contributed by atoms with E-state index in [4.69, 9.17) is 0 Å². The molecule has 4 rings (SSSR count). The smallest absolute Gasteiger partial charge is 0.139 e. The first-order chi connectivity index (χ1) is 9.89. The van der Waals surface area contributed by atoms with Gasteiger partial charge < -0.3 is 9.88 Å². The average molecular weight is 269 g/mol. The summed E-state index contributed by atoms with van der Waals surface area (Å²) in [6.07, 6.45) is 15.1. The van der Waals surface area contributed by atoms with Crippen molar-refractivity contribution in [2.75, 3.05) is 11.4 Å². The van der Waals surface area contributed by atoms with Crippen LogP contribution in [0.4, 0.5) is 5.69 Å². The zero-order chi connectivity index (χ0) is 13.4. The third-order valence-corrected chi connectivity index (χ3v) is 5.35. The van der Waals surface area contributed by atoms with Gasteiger partial charge in [-0.25, -0.2) is 4.98 Å². The van der Waals surface area contributed by atoms with Crippen LogP contribution in [0.1, 0.15) is 51.4 Å². The molecule has 0 unspecified atom stereocenters. The summed E-state index contributed by atoms with van der Waals surface area (Å²) in [6, 6.07) is 4.26. The van der Waals surface area contributed by atoms with E-state index in [0.29, 0.717) is 5.54 Å². The molecule has 0 aromatic carbocycles. The second-order valence-corrected chi connectivity index (χ2v) is 6.47. The molecule has 0 radical (unpaired) electrons. The molecule has 3 heterocycles. The monoisotopic (exact) mass is 269 g/mol. The Morgan fingerprint density at radius 1 is 1.05 bits per heavy atom. The molecule has 2 fully saturated rings. The van der Waals surface area contributed by atoms with Gasteiger partial charge in [0.15, 0.2) is 0 Å². The molecule has 1 aliphatic heterocycles. The molecule has 1 N–H and O–H groups in total. The van der Waals surface area contributed by atoms with E-state index in [2.05, 4.69) is 33.2 Å². The molecule has 1 spiro atoms. The van der Waals surface area contributed by atoms with Crippen LogP contribution in [0.15, 0.2) is 24.5 Å². The maximum Gasteiger partial charge on any atom is 0.139 e. The summed E-state index contributed by atoms with van der Waals surface area (Å²) < 4.78 is 0. The first-order valence-electron chi connectivity index (χ1n) is 8.09. The highest BCUT2D eigenvalue weighted by molar-refractivity contribution is 5.90. The van der Waals surface area contributed by atoms with Crippen molar-refractivity contribution in [3.05, 3.63) is 24.5 Å². The maximum atomic E-state index is 4.45. The summed E-state index contributed by atoms with van der Waals surface area (Å²) in [4.78, 5) is 10.5. The van der Waals surface area contributed by atoms with Gasteiger partial charge in [0.05, 0.1) is 5.69 Å². The topological polar surface area (TPSA) is 31.9 Å². The Morgan fingerprint density at radius 3 is 2.70 bits per heavy atom. The van der Waals surface area contributed by atoms with Crippen molar-refractivity contribution in [2.45, 2.75) is 56.9 Å². The van der Waals surface area contributed by atoms with Crippen molar-refractivity contribution in [3.63, 3.8) is 0 Å². The van der Waals surface area contributed by atoms with Crippen LogP contribution in [-0.2, 0) is 0 Å². The second kappa shape index (κ2) is 4.80. The lowest BCUT2D eigenvalue weighted by atomic mass is 9.74. The first-order valence-corrected chi connectivity index (χ1v) is 8.09. The van der Waals surface area contributed by atoms with Gasteiger partial charge in [-0.15, -0.1) is 0 Å². The fourth-order valence-corrected chi connectivity index (χ4v) is 4.37. The number of nitrogens with one attached hydrogen (secondary N) is 1. The van der Waals surface area contributed by atoms with Crippen LogP contribution in [0.2, 0.25) is 0 Å². The minimum Gasteiger partial charge on any atom is -0.364 e. The Balaban J connectivity index is 1.78. The molecule has 1 saturated carbocycles. The molecule has 106 valence electrons. The highest BCUT2D eigenvalue weighted by atomic mass is 15.2. The minimum absolute atomic E-state index is 0.432. The number of anilines is 1. The average Bonchev–Trinajstić information content (AvgIpc) is 2.92. The molecule has 3 heteroatoms. The highest BCUT2D eigenvalue weighted by Crippen LogP contribution is 2.44. The van der Waals surface area contributed by atoms with Gasteiger partial charge in [-0.05, 0) is 44.2 Å². The van der Waals surface area contributed by atoms with Crippen LogP contribution in [0.5, 0.6) is 0 Å². The van der Waals surface area contributed by atoms with Gasteiger partial charge in [-0.3, -0.25) is 0 Å². The Labute approximate surface area is 120 Å². The zero-order valence-corrected chi connectivity index (χ0v) is 12.1. The van der Waals surface area contributed by atoms with Crippen molar-refractivity contribution >= 4 is 16.7 Å². The maximum absolute atomic E-state index is 4.45. The first kappa shape index (κ1) is 12.2. The van der Waals surface area contributed by atoms with Gasteiger partial charge in [-0.2, -0.15) is 0 Å². The summed E-state index contributed by atoms with van der Waals surface area (Å²) in [5.41, 5.74) is 2.84. The number of H-pyrrole nitrogens is 1. The highest BCUT2D eigenvalue weighted by Gasteiger charge is 2.40. The molecule has 2 aliphatic rings. The molecular weight excluding hydrogens is 246 g/mol. The Morgan fingerprint density at radius 2 is 1.85 bits per heavy atom. The third-order valence-electron chi connectivity index (χ3n) is 5.35. The lowest BCUT2D eigenvalue weighted by Gasteiger charge is -2.51. The number of aromatic nitrogens is 2. The summed E-state index contributed by atoms with van der Waals surface area (Å²) in [5.74, 6) is 0. The number of hydrogen-bond acceptors (Lipinski definition) is 2. The van der Waals surface area contributed by atoms with E-state index < -0.39 is 0 Å². The summed E-state index contributed by atoms with van der Waals surface area (Å²) in [7, 11) is 0. The molecule has 1 saturated heterocycles. The largest absolute Gasteiger partial charge is 0.364 e. The normalized spacial score (nSPS) is 22.5. The lowest BCUT2D eigenvalue weighted by Crippen LogP contribution is -2.53. The predicted molar refractivity (Wildman–Crippen MR) is 83.1 cm³/mol. The van der Waals surface area contributed by atoms with Crippen molar-refractivity contribution < 1.29 is 0 Å². The van der Waals surface area contributed by atoms with E-state index in [0.717, 1.165) is 5.65 Å². The number of rotatable bonds is 1. The van der Waals surface area contributed by atoms with E-state index >= 15 is 0 Å². The van der Waals surface area contributed by atoms with E-state index in [1.807, 2.05) is 6.20 Å². The molecule has 0 bridgehead atoms. The zero-order valence-electron chi connectivity index (χ0n) is 12.1. The Hall–Kier alpha value is -1.51. The quantitative estimate of drug-likeness (QED) is 0.839. The standard InChI is InChI=1S/C17H23N3/c1-2-8-17(9-3-1)10-4-5-12-20(17)15-13-19-16-14(15)7-6-11-18-16/h6-7,11,13H,1-5,8-10,12H2,(H,18,19). The van der Waals surface area contributed by atoms with Crippen LogP contribution >= 0.6 is 0 Å². The van der Waals surface area contributed by atoms with Gasteiger partial charge in [0.25, 0.3) is 0 Å². The van der Waals surface area contributed by atoms with Crippen LogP contribution in [0.3, 0.4) is 0 Å². The number of pyridine rings is 1. The van der Waals surface area contributed by atoms with Gasteiger partial charge in [-0.1, -0.05) is 19.3 Å². The summed E-state index contributed by atoms with van der Waals surface area (Å²) in [5, 5.41) is 1.29. The molecule has 2 aromatic rings. The third kappa shape index (κ3) is 1.83. The van der Waals surface area contributed by atoms with Gasteiger partial charge in [0.2, 0.25) is 0 Å². The van der Waals surface area contributed by atoms with Gasteiger partial charge in [0, 0.05) is 29.9 Å². The lowest BCUT2D eigenvalue weighted by molar-refractivity contribution is 0.227. The fourth-order valence-electron chi connectivity index (χ4n) is 4.37.